The number of hydrogen-bond acceptors (Lipinski definition) is 4. The first-order valence-corrected chi connectivity index (χ1v) is 10.6. The lowest BCUT2D eigenvalue weighted by molar-refractivity contribution is 0.0712. The molecule has 0 saturated carbocycles. The van der Waals surface area contributed by atoms with Crippen LogP contribution in [0, 0.1) is 0 Å². The van der Waals surface area contributed by atoms with E-state index in [4.69, 9.17) is 5.73 Å². The lowest BCUT2D eigenvalue weighted by Crippen LogP contribution is -2.38. The van der Waals surface area contributed by atoms with Gasteiger partial charge in [0.15, 0.2) is 0 Å². The van der Waals surface area contributed by atoms with Crippen molar-refractivity contribution in [2.45, 2.75) is 25.3 Å². The first-order chi connectivity index (χ1) is 15.1. The van der Waals surface area contributed by atoms with E-state index in [1.165, 1.54) is 0 Å². The first-order valence-electron chi connectivity index (χ1n) is 10.6. The lowest BCUT2D eigenvalue weighted by atomic mass is 9.87. The van der Waals surface area contributed by atoms with Crippen molar-refractivity contribution in [3.63, 3.8) is 0 Å². The van der Waals surface area contributed by atoms with E-state index in [0.717, 1.165) is 35.1 Å². The summed E-state index contributed by atoms with van der Waals surface area (Å²) >= 11 is 0. The molecule has 1 amide bonds. The van der Waals surface area contributed by atoms with Crippen LogP contribution in [-0.2, 0) is 6.54 Å². The van der Waals surface area contributed by atoms with E-state index >= 15 is 0 Å². The number of piperidine rings is 1. The Morgan fingerprint density at radius 3 is 2.52 bits per heavy atom. The predicted octanol–water partition coefficient (Wildman–Crippen LogP) is 4.44. The molecule has 0 unspecified atom stereocenters. The third kappa shape index (κ3) is 5.01. The number of hydrogen-bond donors (Lipinski definition) is 2. The molecule has 0 atom stereocenters. The number of benzene rings is 2. The molecule has 2 aromatic carbocycles. The molecule has 31 heavy (non-hydrogen) atoms. The van der Waals surface area contributed by atoms with Crippen LogP contribution >= 0.6 is 0 Å². The average molecular weight is 414 g/mol. The summed E-state index contributed by atoms with van der Waals surface area (Å²) in [5, 5.41) is 10.3. The van der Waals surface area contributed by atoms with E-state index in [2.05, 4.69) is 4.98 Å². The molecule has 0 radical (unpaired) electrons. The van der Waals surface area contributed by atoms with E-state index in [9.17, 15) is 9.90 Å². The molecular formula is C26H27N3O2. The Bertz CT molecular complexity index is 1070. The van der Waals surface area contributed by atoms with E-state index in [1.807, 2.05) is 65.6 Å². The summed E-state index contributed by atoms with van der Waals surface area (Å²) in [7, 11) is 0. The van der Waals surface area contributed by atoms with E-state index < -0.39 is 0 Å². The predicted molar refractivity (Wildman–Crippen MR) is 123 cm³/mol. The number of phenols is 1. The Hall–Kier alpha value is -3.44. The first kappa shape index (κ1) is 20.8. The number of carbonyl (C=O) groups is 1. The van der Waals surface area contributed by atoms with Crippen LogP contribution in [0.15, 0.2) is 67.0 Å². The van der Waals surface area contributed by atoms with Gasteiger partial charge in [0.05, 0.1) is 5.56 Å². The molecule has 5 heteroatoms. The van der Waals surface area contributed by atoms with Gasteiger partial charge in [-0.15, -0.1) is 0 Å². The molecule has 1 saturated heterocycles. The second-order valence-corrected chi connectivity index (χ2v) is 7.91. The summed E-state index contributed by atoms with van der Waals surface area (Å²) in [4.78, 5) is 19.2. The number of likely N-dealkylation sites (tertiary alicyclic amines) is 1. The minimum atomic E-state index is 0.000780. The molecule has 4 rings (SSSR count). The maximum absolute atomic E-state index is 13.0. The zero-order valence-corrected chi connectivity index (χ0v) is 17.4. The molecule has 5 nitrogen and oxygen atoms in total. The molecule has 0 bridgehead atoms. The van der Waals surface area contributed by atoms with Crippen molar-refractivity contribution in [2.24, 2.45) is 5.73 Å². The summed E-state index contributed by atoms with van der Waals surface area (Å²) in [5.74, 6) is 0.540. The number of nitrogens with two attached hydrogens (primary N) is 1. The number of aromatic hydroxyl groups is 1. The van der Waals surface area contributed by atoms with Gasteiger partial charge in [-0.2, -0.15) is 0 Å². The fourth-order valence-corrected chi connectivity index (χ4v) is 4.06. The highest BCUT2D eigenvalue weighted by Crippen LogP contribution is 2.34. The summed E-state index contributed by atoms with van der Waals surface area (Å²) in [6, 6.07) is 17.5. The Morgan fingerprint density at radius 2 is 1.77 bits per heavy atom. The topological polar surface area (TPSA) is 79.5 Å². The van der Waals surface area contributed by atoms with Gasteiger partial charge in [0.2, 0.25) is 0 Å². The highest BCUT2D eigenvalue weighted by Gasteiger charge is 2.26. The Labute approximate surface area is 182 Å². The summed E-state index contributed by atoms with van der Waals surface area (Å²) in [6.07, 6.45) is 9.00. The molecule has 1 aliphatic rings. The van der Waals surface area contributed by atoms with Crippen molar-refractivity contribution < 1.29 is 9.90 Å². The van der Waals surface area contributed by atoms with Crippen molar-refractivity contribution in [2.75, 3.05) is 13.1 Å². The van der Waals surface area contributed by atoms with E-state index in [-0.39, 0.29) is 11.8 Å². The van der Waals surface area contributed by atoms with Crippen molar-refractivity contribution in [3.05, 3.63) is 94.8 Å². The van der Waals surface area contributed by atoms with Gasteiger partial charge >= 0.3 is 0 Å². The largest absolute Gasteiger partial charge is 0.508 e. The number of amides is 1. The van der Waals surface area contributed by atoms with Crippen LogP contribution in [0.2, 0.25) is 0 Å². The summed E-state index contributed by atoms with van der Waals surface area (Å²) in [6.45, 7) is 1.76. The van der Waals surface area contributed by atoms with Gasteiger partial charge in [-0.25, -0.2) is 0 Å². The van der Waals surface area contributed by atoms with Crippen LogP contribution in [0.4, 0.5) is 0 Å². The smallest absolute Gasteiger partial charge is 0.255 e. The molecular weight excluding hydrogens is 386 g/mol. The highest BCUT2D eigenvalue weighted by atomic mass is 16.3. The highest BCUT2D eigenvalue weighted by molar-refractivity contribution is 5.94. The maximum atomic E-state index is 13.0. The van der Waals surface area contributed by atoms with Gasteiger partial charge in [-0.05, 0) is 53.1 Å². The van der Waals surface area contributed by atoms with Crippen LogP contribution in [0.25, 0.3) is 12.2 Å². The molecule has 2 heterocycles. The minimum absolute atomic E-state index is 0.000780. The number of pyridine rings is 1. The van der Waals surface area contributed by atoms with Crippen LogP contribution in [-0.4, -0.2) is 34.0 Å². The number of phenolic OH excluding ortho intramolecular Hbond substituents is 1. The van der Waals surface area contributed by atoms with Crippen LogP contribution in [0.1, 0.15) is 51.4 Å². The third-order valence-electron chi connectivity index (χ3n) is 5.82. The van der Waals surface area contributed by atoms with Crippen molar-refractivity contribution in [3.8, 4) is 5.75 Å². The number of aromatic nitrogens is 1. The Morgan fingerprint density at radius 1 is 1.03 bits per heavy atom. The fourth-order valence-electron chi connectivity index (χ4n) is 4.06. The molecule has 0 spiro atoms. The summed E-state index contributed by atoms with van der Waals surface area (Å²) < 4.78 is 0. The normalized spacial score (nSPS) is 14.8. The Balaban J connectivity index is 1.41. The van der Waals surface area contributed by atoms with Crippen molar-refractivity contribution >= 4 is 18.1 Å². The van der Waals surface area contributed by atoms with E-state index in [0.29, 0.717) is 30.9 Å². The third-order valence-corrected chi connectivity index (χ3v) is 5.82. The second kappa shape index (κ2) is 9.58. The van der Waals surface area contributed by atoms with Crippen LogP contribution in [0.5, 0.6) is 5.75 Å². The van der Waals surface area contributed by atoms with Gasteiger partial charge < -0.3 is 15.7 Å². The van der Waals surface area contributed by atoms with Gasteiger partial charge in [0.1, 0.15) is 5.75 Å². The molecule has 3 N–H and O–H groups in total. The summed E-state index contributed by atoms with van der Waals surface area (Å²) in [5.41, 5.74) is 10.3. The van der Waals surface area contributed by atoms with Gasteiger partial charge in [0, 0.05) is 32.0 Å². The zero-order valence-electron chi connectivity index (χ0n) is 17.4. The quantitative estimate of drug-likeness (QED) is 0.648. The zero-order chi connectivity index (χ0) is 21.6. The van der Waals surface area contributed by atoms with Crippen LogP contribution < -0.4 is 5.73 Å². The lowest BCUT2D eigenvalue weighted by Gasteiger charge is -2.32. The SMILES string of the molecule is NCc1ccc(O)c(C2CCN(C(=O)c3cncc(C=Cc4ccccc4)c3)CC2)c1. The average Bonchev–Trinajstić information content (AvgIpc) is 2.83. The van der Waals surface area contributed by atoms with Crippen molar-refractivity contribution in [1.29, 1.82) is 0 Å². The monoisotopic (exact) mass is 413 g/mol. The fraction of sp³-hybridized carbons (Fsp3) is 0.231. The second-order valence-electron chi connectivity index (χ2n) is 7.91. The van der Waals surface area contributed by atoms with E-state index in [1.54, 1.807) is 18.5 Å². The molecule has 1 aromatic heterocycles. The van der Waals surface area contributed by atoms with Crippen molar-refractivity contribution in [1.82, 2.24) is 9.88 Å². The Kier molecular flexibility index (Phi) is 6.43. The molecule has 1 fully saturated rings. The standard InChI is InChI=1S/C26H27N3O2/c27-16-20-8-9-25(30)24(15-20)22-10-12-29(13-11-22)26(31)23-14-21(17-28-18-23)7-6-19-4-2-1-3-5-19/h1-9,14-15,17-18,22,30H,10-13,16,27H2. The molecule has 3 aromatic rings. The van der Waals surface area contributed by atoms with Crippen LogP contribution in [0.3, 0.4) is 0 Å². The number of carbonyl (C=O) groups excluding carboxylic acids is 1. The molecule has 1 aliphatic heterocycles. The molecule has 158 valence electrons. The van der Waals surface area contributed by atoms with Gasteiger partial charge in [-0.1, -0.05) is 54.6 Å². The molecule has 0 aliphatic carbocycles. The number of nitrogens with zero attached hydrogens (tertiary/aromatic N) is 2. The van der Waals surface area contributed by atoms with Gasteiger partial charge in [-0.3, -0.25) is 9.78 Å². The van der Waals surface area contributed by atoms with Gasteiger partial charge in [0.25, 0.3) is 5.91 Å². The maximum Gasteiger partial charge on any atom is 0.255 e. The number of rotatable bonds is 5. The minimum Gasteiger partial charge on any atom is -0.508 e.